The second-order valence-corrected chi connectivity index (χ2v) is 8.36. The van der Waals surface area contributed by atoms with Gasteiger partial charge >= 0.3 is 0 Å². The molecular weight excluding hydrogens is 344 g/mol. The molecule has 1 aromatic rings. The molecule has 5 rings (SSSR count). The third kappa shape index (κ3) is 3.37. The summed E-state index contributed by atoms with van der Waals surface area (Å²) >= 11 is 0. The predicted molar refractivity (Wildman–Crippen MR) is 98.1 cm³/mol. The van der Waals surface area contributed by atoms with Gasteiger partial charge < -0.3 is 19.3 Å². The highest BCUT2D eigenvalue weighted by atomic mass is 16.7. The molecule has 144 valence electrons. The van der Waals surface area contributed by atoms with Crippen molar-refractivity contribution in [3.63, 3.8) is 0 Å². The Kier molecular flexibility index (Phi) is 4.21. The molecule has 0 aromatic heterocycles. The number of amides is 2. The second-order valence-electron chi connectivity index (χ2n) is 8.36. The molecule has 3 heterocycles. The predicted octanol–water partition coefficient (Wildman–Crippen LogP) is 2.41. The third-order valence-corrected chi connectivity index (χ3v) is 6.50. The van der Waals surface area contributed by atoms with Gasteiger partial charge in [-0.05, 0) is 55.2 Å². The largest absolute Gasteiger partial charge is 0.454 e. The Morgan fingerprint density at radius 2 is 1.85 bits per heavy atom. The molecule has 6 nitrogen and oxygen atoms in total. The molecule has 0 radical (unpaired) electrons. The van der Waals surface area contributed by atoms with Crippen LogP contribution >= 0.6 is 0 Å². The summed E-state index contributed by atoms with van der Waals surface area (Å²) in [6, 6.07) is 5.90. The van der Waals surface area contributed by atoms with Crippen molar-refractivity contribution >= 4 is 11.8 Å². The molecule has 3 fully saturated rings. The lowest BCUT2D eigenvalue weighted by Gasteiger charge is -2.37. The lowest BCUT2D eigenvalue weighted by molar-refractivity contribution is -0.135. The Morgan fingerprint density at radius 3 is 2.70 bits per heavy atom. The van der Waals surface area contributed by atoms with E-state index in [9.17, 15) is 9.59 Å². The average Bonchev–Trinajstić information content (AvgIpc) is 3.44. The number of piperidine rings is 1. The number of rotatable bonds is 3. The van der Waals surface area contributed by atoms with Crippen molar-refractivity contribution in [2.75, 3.05) is 26.4 Å². The van der Waals surface area contributed by atoms with Gasteiger partial charge in [0.1, 0.15) is 0 Å². The highest BCUT2D eigenvalue weighted by Crippen LogP contribution is 2.37. The van der Waals surface area contributed by atoms with Crippen molar-refractivity contribution < 1.29 is 19.1 Å². The van der Waals surface area contributed by atoms with Crippen molar-refractivity contribution in [3.8, 4) is 11.5 Å². The summed E-state index contributed by atoms with van der Waals surface area (Å²) in [5, 5.41) is 0. The molecule has 1 aromatic carbocycles. The normalized spacial score (nSPS) is 27.3. The van der Waals surface area contributed by atoms with Crippen LogP contribution in [0.25, 0.3) is 0 Å². The van der Waals surface area contributed by atoms with Crippen LogP contribution in [0, 0.1) is 17.8 Å². The fourth-order valence-electron chi connectivity index (χ4n) is 4.69. The van der Waals surface area contributed by atoms with Gasteiger partial charge in [0.05, 0.1) is 0 Å². The first kappa shape index (κ1) is 16.9. The lowest BCUT2D eigenvalue weighted by Crippen LogP contribution is -2.44. The number of hydrogen-bond donors (Lipinski definition) is 0. The van der Waals surface area contributed by atoms with E-state index in [0.29, 0.717) is 30.7 Å². The standard InChI is InChI=1S/C21H26N2O4/c24-20-10-16-5-8-23(21(25)15-2-3-15)12-17(16)6-7-22(20)11-14-1-4-18-19(9-14)27-13-26-18/h1,4,9,15-17H,2-3,5-8,10-13H2. The SMILES string of the molecule is O=C1CC2CCN(C(=O)C3CC3)CC2CCN1Cc1ccc2c(c1)OCO2. The van der Waals surface area contributed by atoms with E-state index in [2.05, 4.69) is 4.90 Å². The van der Waals surface area contributed by atoms with E-state index < -0.39 is 0 Å². The minimum atomic E-state index is 0.238. The second kappa shape index (κ2) is 6.73. The topological polar surface area (TPSA) is 59.1 Å². The molecule has 0 bridgehead atoms. The Hall–Kier alpha value is -2.24. The number of carbonyl (C=O) groups excluding carboxylic acids is 2. The molecule has 0 spiro atoms. The van der Waals surface area contributed by atoms with Gasteiger partial charge in [-0.1, -0.05) is 6.07 Å². The van der Waals surface area contributed by atoms with E-state index in [-0.39, 0.29) is 18.6 Å². The van der Waals surface area contributed by atoms with Gasteiger partial charge in [-0.3, -0.25) is 9.59 Å². The van der Waals surface area contributed by atoms with Crippen LogP contribution < -0.4 is 9.47 Å². The summed E-state index contributed by atoms with van der Waals surface area (Å²) in [5.41, 5.74) is 1.07. The van der Waals surface area contributed by atoms with Crippen LogP contribution in [0.3, 0.4) is 0 Å². The Bertz CT molecular complexity index is 761. The highest BCUT2D eigenvalue weighted by Gasteiger charge is 2.40. The smallest absolute Gasteiger partial charge is 0.231 e. The monoisotopic (exact) mass is 370 g/mol. The first-order valence-electron chi connectivity index (χ1n) is 10.1. The van der Waals surface area contributed by atoms with Crippen LogP contribution in [0.1, 0.15) is 37.7 Å². The summed E-state index contributed by atoms with van der Waals surface area (Å²) in [7, 11) is 0. The zero-order chi connectivity index (χ0) is 18.4. The van der Waals surface area contributed by atoms with Crippen LogP contribution in [0.4, 0.5) is 0 Å². The van der Waals surface area contributed by atoms with Crippen molar-refractivity contribution in [1.29, 1.82) is 0 Å². The zero-order valence-electron chi connectivity index (χ0n) is 15.6. The van der Waals surface area contributed by atoms with Gasteiger partial charge in [-0.15, -0.1) is 0 Å². The highest BCUT2D eigenvalue weighted by molar-refractivity contribution is 5.81. The molecular formula is C21H26N2O4. The fraction of sp³-hybridized carbons (Fsp3) is 0.619. The van der Waals surface area contributed by atoms with Crippen LogP contribution in [-0.2, 0) is 16.1 Å². The molecule has 1 saturated carbocycles. The molecule has 2 saturated heterocycles. The van der Waals surface area contributed by atoms with E-state index in [0.717, 1.165) is 62.4 Å². The average molecular weight is 370 g/mol. The molecule has 2 atom stereocenters. The van der Waals surface area contributed by atoms with Gasteiger partial charge in [-0.2, -0.15) is 0 Å². The molecule has 3 aliphatic heterocycles. The van der Waals surface area contributed by atoms with Crippen molar-refractivity contribution in [2.45, 2.75) is 38.6 Å². The Labute approximate surface area is 159 Å². The van der Waals surface area contributed by atoms with E-state index >= 15 is 0 Å². The third-order valence-electron chi connectivity index (χ3n) is 6.50. The summed E-state index contributed by atoms with van der Waals surface area (Å²) < 4.78 is 10.8. The van der Waals surface area contributed by atoms with Crippen molar-refractivity contribution in [3.05, 3.63) is 23.8 Å². The van der Waals surface area contributed by atoms with E-state index in [4.69, 9.17) is 9.47 Å². The number of hydrogen-bond acceptors (Lipinski definition) is 4. The quantitative estimate of drug-likeness (QED) is 0.820. The maximum Gasteiger partial charge on any atom is 0.231 e. The molecule has 6 heteroatoms. The molecule has 0 N–H and O–H groups in total. The summed E-state index contributed by atoms with van der Waals surface area (Å²) in [6.45, 7) is 3.30. The number of fused-ring (bicyclic) bond motifs is 2. The minimum absolute atomic E-state index is 0.238. The first-order chi connectivity index (χ1) is 13.2. The summed E-state index contributed by atoms with van der Waals surface area (Å²) in [4.78, 5) is 29.3. The molecule has 1 aliphatic carbocycles. The van der Waals surface area contributed by atoms with E-state index in [1.54, 1.807) is 0 Å². The zero-order valence-corrected chi connectivity index (χ0v) is 15.6. The van der Waals surface area contributed by atoms with Crippen LogP contribution in [-0.4, -0.2) is 48.0 Å². The van der Waals surface area contributed by atoms with E-state index in [1.807, 2.05) is 23.1 Å². The molecule has 27 heavy (non-hydrogen) atoms. The number of carbonyl (C=O) groups is 2. The maximum absolute atomic E-state index is 12.8. The van der Waals surface area contributed by atoms with Crippen molar-refractivity contribution in [2.24, 2.45) is 17.8 Å². The van der Waals surface area contributed by atoms with Gasteiger partial charge in [0, 0.05) is 38.5 Å². The van der Waals surface area contributed by atoms with Gasteiger partial charge in [0.15, 0.2) is 11.5 Å². The van der Waals surface area contributed by atoms with Gasteiger partial charge in [0.2, 0.25) is 18.6 Å². The molecule has 2 unspecified atom stereocenters. The number of ether oxygens (including phenoxy) is 2. The minimum Gasteiger partial charge on any atom is -0.454 e. The lowest BCUT2D eigenvalue weighted by atomic mass is 9.82. The Morgan fingerprint density at radius 1 is 1.04 bits per heavy atom. The molecule has 4 aliphatic rings. The maximum atomic E-state index is 12.8. The van der Waals surface area contributed by atoms with Crippen molar-refractivity contribution in [1.82, 2.24) is 9.80 Å². The van der Waals surface area contributed by atoms with E-state index in [1.165, 1.54) is 0 Å². The van der Waals surface area contributed by atoms with Crippen LogP contribution in [0.2, 0.25) is 0 Å². The molecule has 2 amide bonds. The summed E-state index contributed by atoms with van der Waals surface area (Å²) in [5.74, 6) is 3.28. The first-order valence-corrected chi connectivity index (χ1v) is 10.1. The summed E-state index contributed by atoms with van der Waals surface area (Å²) in [6.07, 6.45) is 4.68. The van der Waals surface area contributed by atoms with Gasteiger partial charge in [0.25, 0.3) is 0 Å². The Balaban J connectivity index is 1.24. The van der Waals surface area contributed by atoms with Crippen LogP contribution in [0.5, 0.6) is 11.5 Å². The fourth-order valence-corrected chi connectivity index (χ4v) is 4.69. The van der Waals surface area contributed by atoms with Gasteiger partial charge in [-0.25, -0.2) is 0 Å². The number of benzene rings is 1. The van der Waals surface area contributed by atoms with Crippen LogP contribution in [0.15, 0.2) is 18.2 Å². The number of likely N-dealkylation sites (tertiary alicyclic amines) is 2. The number of nitrogens with zero attached hydrogens (tertiary/aromatic N) is 2.